The van der Waals surface area contributed by atoms with Crippen LogP contribution in [0.5, 0.6) is 0 Å². The molecule has 0 aliphatic carbocycles. The summed E-state index contributed by atoms with van der Waals surface area (Å²) in [5.41, 5.74) is 3.79. The van der Waals surface area contributed by atoms with Crippen molar-refractivity contribution in [3.63, 3.8) is 0 Å². The van der Waals surface area contributed by atoms with Crippen LogP contribution >= 0.6 is 7.37 Å². The second-order valence-corrected chi connectivity index (χ2v) is 9.93. The fraction of sp³-hybridized carbons (Fsp3) is 0.154. The molecule has 0 spiro atoms. The van der Waals surface area contributed by atoms with E-state index in [0.717, 1.165) is 27.6 Å². The molecule has 2 atom stereocenters. The van der Waals surface area contributed by atoms with Crippen molar-refractivity contribution in [3.05, 3.63) is 120 Å². The van der Waals surface area contributed by atoms with E-state index in [1.165, 1.54) is 0 Å². The van der Waals surface area contributed by atoms with Crippen LogP contribution in [0.2, 0.25) is 0 Å². The first-order valence-corrected chi connectivity index (χ1v) is 11.7. The van der Waals surface area contributed by atoms with Crippen LogP contribution in [0.4, 0.5) is 0 Å². The van der Waals surface area contributed by atoms with E-state index in [2.05, 4.69) is 18.2 Å². The number of allylic oxidation sites excluding steroid dienone is 3. The standard InChI is InChI=1S/C26H25O2P/c1-20(2)28-29(27)25(22-14-8-4-9-15-22)18-24(21-12-6-3-7-13-21)19-26(29)23-16-10-5-11-17-23/h3-20,25H,1-2H3. The fourth-order valence-electron chi connectivity index (χ4n) is 3.76. The fourth-order valence-corrected chi connectivity index (χ4v) is 6.68. The van der Waals surface area contributed by atoms with Crippen molar-refractivity contribution in [3.8, 4) is 0 Å². The number of benzene rings is 3. The van der Waals surface area contributed by atoms with Crippen LogP contribution in [0.25, 0.3) is 10.9 Å². The monoisotopic (exact) mass is 400 g/mol. The van der Waals surface area contributed by atoms with E-state index in [4.69, 9.17) is 4.52 Å². The van der Waals surface area contributed by atoms with Crippen molar-refractivity contribution in [2.45, 2.75) is 25.6 Å². The highest BCUT2D eigenvalue weighted by molar-refractivity contribution is 7.70. The summed E-state index contributed by atoms with van der Waals surface area (Å²) in [6.45, 7) is 3.89. The zero-order valence-corrected chi connectivity index (χ0v) is 17.6. The Morgan fingerprint density at radius 1 is 0.759 bits per heavy atom. The van der Waals surface area contributed by atoms with Gasteiger partial charge in [0.1, 0.15) is 0 Å². The van der Waals surface area contributed by atoms with Gasteiger partial charge in [-0.1, -0.05) is 97.1 Å². The van der Waals surface area contributed by atoms with Gasteiger partial charge in [0.05, 0.1) is 11.8 Å². The Labute approximate surface area is 173 Å². The van der Waals surface area contributed by atoms with E-state index in [1.807, 2.05) is 98.8 Å². The Hall–Kier alpha value is -2.67. The molecule has 0 saturated carbocycles. The topological polar surface area (TPSA) is 26.3 Å². The third kappa shape index (κ3) is 4.05. The predicted molar refractivity (Wildman–Crippen MR) is 122 cm³/mol. The van der Waals surface area contributed by atoms with Gasteiger partial charge in [-0.2, -0.15) is 0 Å². The third-order valence-corrected chi connectivity index (χ3v) is 7.99. The highest BCUT2D eigenvalue weighted by Crippen LogP contribution is 2.72. The summed E-state index contributed by atoms with van der Waals surface area (Å²) in [5, 5.41) is 0.780. The molecule has 0 amide bonds. The second-order valence-electron chi connectivity index (χ2n) is 7.49. The van der Waals surface area contributed by atoms with Crippen LogP contribution in [-0.4, -0.2) is 6.10 Å². The molecule has 1 aliphatic rings. The lowest BCUT2D eigenvalue weighted by molar-refractivity contribution is 0.246. The summed E-state index contributed by atoms with van der Waals surface area (Å²) >= 11 is 0. The molecule has 2 unspecified atom stereocenters. The lowest BCUT2D eigenvalue weighted by Gasteiger charge is -2.33. The minimum atomic E-state index is -3.21. The molecule has 1 heterocycles. The van der Waals surface area contributed by atoms with Crippen LogP contribution in [0.1, 0.15) is 36.2 Å². The molecule has 0 aromatic heterocycles. The van der Waals surface area contributed by atoms with E-state index in [9.17, 15) is 4.57 Å². The molecule has 0 saturated heterocycles. The van der Waals surface area contributed by atoms with Crippen LogP contribution in [0.15, 0.2) is 103 Å². The molecule has 2 nitrogen and oxygen atoms in total. The summed E-state index contributed by atoms with van der Waals surface area (Å²) in [4.78, 5) is 0. The first-order valence-electron chi connectivity index (χ1n) is 9.96. The van der Waals surface area contributed by atoms with E-state index < -0.39 is 7.37 Å². The average Bonchev–Trinajstić information content (AvgIpc) is 2.75. The predicted octanol–water partition coefficient (Wildman–Crippen LogP) is 7.57. The molecule has 146 valence electrons. The largest absolute Gasteiger partial charge is 0.322 e. The van der Waals surface area contributed by atoms with Gasteiger partial charge in [-0.05, 0) is 42.2 Å². The van der Waals surface area contributed by atoms with Crippen molar-refractivity contribution in [1.82, 2.24) is 0 Å². The van der Waals surface area contributed by atoms with Crippen molar-refractivity contribution in [2.75, 3.05) is 0 Å². The van der Waals surface area contributed by atoms with E-state index in [-0.39, 0.29) is 11.8 Å². The maximum absolute atomic E-state index is 14.5. The summed E-state index contributed by atoms with van der Waals surface area (Å²) in [6.07, 6.45) is 4.01. The molecule has 0 fully saturated rings. The van der Waals surface area contributed by atoms with Crippen molar-refractivity contribution in [1.29, 1.82) is 0 Å². The highest BCUT2D eigenvalue weighted by Gasteiger charge is 2.42. The lowest BCUT2D eigenvalue weighted by Crippen LogP contribution is -2.11. The van der Waals surface area contributed by atoms with Gasteiger partial charge in [0.2, 0.25) is 7.37 Å². The van der Waals surface area contributed by atoms with Crippen LogP contribution < -0.4 is 0 Å². The number of hydrogen-bond donors (Lipinski definition) is 0. The van der Waals surface area contributed by atoms with Gasteiger partial charge in [-0.25, -0.2) is 0 Å². The van der Waals surface area contributed by atoms with E-state index >= 15 is 0 Å². The van der Waals surface area contributed by atoms with Crippen LogP contribution in [0.3, 0.4) is 0 Å². The molecule has 3 heteroatoms. The third-order valence-electron chi connectivity index (χ3n) is 5.02. The van der Waals surface area contributed by atoms with Gasteiger partial charge in [-0.15, -0.1) is 0 Å². The average molecular weight is 400 g/mol. The van der Waals surface area contributed by atoms with Gasteiger partial charge < -0.3 is 4.52 Å². The zero-order chi connectivity index (χ0) is 20.3. The first kappa shape index (κ1) is 19.6. The molecule has 0 N–H and O–H groups in total. The number of rotatable bonds is 5. The molecule has 29 heavy (non-hydrogen) atoms. The molecule has 0 radical (unpaired) electrons. The normalized spacial score (nSPS) is 21.6. The van der Waals surface area contributed by atoms with Gasteiger partial charge in [0.25, 0.3) is 0 Å². The minimum Gasteiger partial charge on any atom is -0.322 e. The Balaban J connectivity index is 1.95. The number of hydrogen-bond acceptors (Lipinski definition) is 2. The molecule has 4 rings (SSSR count). The maximum atomic E-state index is 14.5. The summed E-state index contributed by atoms with van der Waals surface area (Å²) < 4.78 is 20.8. The summed E-state index contributed by atoms with van der Waals surface area (Å²) in [7, 11) is -3.21. The van der Waals surface area contributed by atoms with Gasteiger partial charge >= 0.3 is 0 Å². The summed E-state index contributed by atoms with van der Waals surface area (Å²) in [5.74, 6) is 0. The van der Waals surface area contributed by atoms with Crippen molar-refractivity contribution < 1.29 is 9.09 Å². The van der Waals surface area contributed by atoms with E-state index in [1.54, 1.807) is 0 Å². The van der Waals surface area contributed by atoms with Crippen molar-refractivity contribution >= 4 is 18.3 Å². The zero-order valence-electron chi connectivity index (χ0n) is 16.7. The van der Waals surface area contributed by atoms with Crippen LogP contribution in [-0.2, 0) is 9.09 Å². The molecular formula is C26H25O2P. The second kappa shape index (κ2) is 8.37. The molecule has 3 aromatic carbocycles. The van der Waals surface area contributed by atoms with Crippen molar-refractivity contribution in [2.24, 2.45) is 0 Å². The highest BCUT2D eigenvalue weighted by atomic mass is 31.2. The Kier molecular flexibility index (Phi) is 5.67. The Bertz CT molecular complexity index is 1070. The summed E-state index contributed by atoms with van der Waals surface area (Å²) in [6, 6.07) is 30.2. The SMILES string of the molecule is CC(C)OP1(=O)C(c2ccccc2)=CC(c2ccccc2)=CC1c1ccccc1. The molecule has 0 bridgehead atoms. The molecular weight excluding hydrogens is 375 g/mol. The van der Waals surface area contributed by atoms with E-state index in [0.29, 0.717) is 0 Å². The lowest BCUT2D eigenvalue weighted by atomic mass is 10.00. The van der Waals surface area contributed by atoms with Gasteiger partial charge in [0.15, 0.2) is 0 Å². The smallest absolute Gasteiger partial charge is 0.243 e. The van der Waals surface area contributed by atoms with Gasteiger partial charge in [-0.3, -0.25) is 4.57 Å². The molecule has 3 aromatic rings. The van der Waals surface area contributed by atoms with Gasteiger partial charge in [0, 0.05) is 5.31 Å². The van der Waals surface area contributed by atoms with Crippen LogP contribution in [0, 0.1) is 0 Å². The first-order chi connectivity index (χ1) is 14.1. The Morgan fingerprint density at radius 3 is 1.83 bits per heavy atom. The minimum absolute atomic E-state index is 0.147. The maximum Gasteiger partial charge on any atom is 0.243 e. The Morgan fingerprint density at radius 2 is 1.28 bits per heavy atom. The molecule has 1 aliphatic heterocycles. The quantitative estimate of drug-likeness (QED) is 0.413.